The Morgan fingerprint density at radius 2 is 2.00 bits per heavy atom. The van der Waals surface area contributed by atoms with Crippen molar-refractivity contribution in [1.29, 1.82) is 0 Å². The summed E-state index contributed by atoms with van der Waals surface area (Å²) in [5.41, 5.74) is 1.53. The molecule has 1 aromatic rings. The van der Waals surface area contributed by atoms with Crippen LogP contribution in [-0.2, 0) is 11.3 Å². The molecule has 6 heteroatoms. The first kappa shape index (κ1) is 21.2. The summed E-state index contributed by atoms with van der Waals surface area (Å²) in [5, 5.41) is 7.31. The first-order valence-corrected chi connectivity index (χ1v) is 11.1. The zero-order valence-electron chi connectivity index (χ0n) is 17.4. The second-order valence-electron chi connectivity index (χ2n) is 9.09. The van der Waals surface area contributed by atoms with Crippen molar-refractivity contribution in [2.75, 3.05) is 20.3 Å². The van der Waals surface area contributed by atoms with E-state index in [1.165, 1.54) is 50.5 Å². The Balaban J connectivity index is 0.00000205. The van der Waals surface area contributed by atoms with Crippen LogP contribution in [-0.4, -0.2) is 38.4 Å². The number of hydrogen-bond donors (Lipinski definition) is 2. The first-order valence-electron chi connectivity index (χ1n) is 11.1. The number of hydrogen-bond acceptors (Lipinski definition) is 3. The molecule has 3 unspecified atom stereocenters. The summed E-state index contributed by atoms with van der Waals surface area (Å²) in [4.78, 5) is 4.52. The van der Waals surface area contributed by atoms with E-state index in [0.29, 0.717) is 23.5 Å². The summed E-state index contributed by atoms with van der Waals surface area (Å²) in [6.07, 6.45) is 9.53. The van der Waals surface area contributed by atoms with Gasteiger partial charge in [0.15, 0.2) is 5.96 Å². The van der Waals surface area contributed by atoms with Gasteiger partial charge in [-0.3, -0.25) is 4.99 Å². The number of fused-ring (bicyclic) bond motifs is 2. The molecule has 5 nitrogen and oxygen atoms in total. The maximum atomic E-state index is 6.11. The number of benzene rings is 1. The molecule has 3 saturated carbocycles. The molecule has 0 radical (unpaired) electrons. The Labute approximate surface area is 191 Å². The van der Waals surface area contributed by atoms with Gasteiger partial charge in [-0.15, -0.1) is 24.0 Å². The molecule has 0 aromatic heterocycles. The van der Waals surface area contributed by atoms with E-state index in [9.17, 15) is 0 Å². The molecule has 160 valence electrons. The van der Waals surface area contributed by atoms with Crippen LogP contribution in [0.5, 0.6) is 5.75 Å². The van der Waals surface area contributed by atoms with Gasteiger partial charge in [0.2, 0.25) is 0 Å². The van der Waals surface area contributed by atoms with Crippen LogP contribution < -0.4 is 15.4 Å². The van der Waals surface area contributed by atoms with Crippen LogP contribution in [0.1, 0.15) is 50.5 Å². The standard InChI is InChI=1S/C23H33N3O2.HI/c1-24-22(25-14-17-6-2-3-7-19(17)28-15-16-8-9-16)26-20-18-10-13-27-21(18)23(20)11-4-5-12-23;/h2-3,6-7,16,18,20-21H,4-5,8-15H2,1H3,(H2,24,25,26);1H. The third kappa shape index (κ3) is 4.11. The lowest BCUT2D eigenvalue weighted by molar-refractivity contribution is -0.125. The van der Waals surface area contributed by atoms with Crippen LogP contribution in [0, 0.1) is 17.3 Å². The predicted octanol–water partition coefficient (Wildman–Crippen LogP) is 4.11. The summed E-state index contributed by atoms with van der Waals surface area (Å²) < 4.78 is 12.2. The van der Waals surface area contributed by atoms with E-state index in [-0.39, 0.29) is 24.0 Å². The van der Waals surface area contributed by atoms with Gasteiger partial charge in [0.25, 0.3) is 0 Å². The summed E-state index contributed by atoms with van der Waals surface area (Å²) in [6.45, 7) is 2.50. The van der Waals surface area contributed by atoms with Gasteiger partial charge >= 0.3 is 0 Å². The SMILES string of the molecule is CN=C(NCc1ccccc1OCC1CC1)NC1C2CCOC2C12CCCC2.I. The minimum Gasteiger partial charge on any atom is -0.493 e. The summed E-state index contributed by atoms with van der Waals surface area (Å²) in [5.74, 6) is 3.31. The number of nitrogens with one attached hydrogen (secondary N) is 2. The van der Waals surface area contributed by atoms with Crippen molar-refractivity contribution in [3.05, 3.63) is 29.8 Å². The minimum absolute atomic E-state index is 0. The number of halogens is 1. The highest BCUT2D eigenvalue weighted by Crippen LogP contribution is 2.60. The maximum Gasteiger partial charge on any atom is 0.191 e. The molecule has 1 spiro atoms. The number of para-hydroxylation sites is 1. The van der Waals surface area contributed by atoms with E-state index in [1.807, 2.05) is 7.05 Å². The summed E-state index contributed by atoms with van der Waals surface area (Å²) >= 11 is 0. The van der Waals surface area contributed by atoms with Crippen molar-refractivity contribution in [1.82, 2.24) is 10.6 Å². The second-order valence-corrected chi connectivity index (χ2v) is 9.09. The van der Waals surface area contributed by atoms with Crippen molar-refractivity contribution in [2.24, 2.45) is 22.2 Å². The predicted molar refractivity (Wildman–Crippen MR) is 126 cm³/mol. The molecule has 1 heterocycles. The molecule has 2 N–H and O–H groups in total. The molecule has 1 aliphatic heterocycles. The number of ether oxygens (including phenoxy) is 2. The quantitative estimate of drug-likeness (QED) is 0.343. The molecule has 4 fully saturated rings. The first-order chi connectivity index (χ1) is 13.8. The molecule has 5 rings (SSSR count). The number of rotatable bonds is 6. The highest BCUT2D eigenvalue weighted by Gasteiger charge is 2.65. The van der Waals surface area contributed by atoms with E-state index in [1.54, 1.807) is 0 Å². The Kier molecular flexibility index (Phi) is 6.59. The third-order valence-electron chi connectivity index (χ3n) is 7.39. The molecule has 29 heavy (non-hydrogen) atoms. The van der Waals surface area contributed by atoms with Gasteiger partial charge in [0, 0.05) is 43.1 Å². The van der Waals surface area contributed by atoms with Crippen molar-refractivity contribution >= 4 is 29.9 Å². The van der Waals surface area contributed by atoms with Crippen LogP contribution in [0.15, 0.2) is 29.3 Å². The minimum atomic E-state index is 0. The largest absolute Gasteiger partial charge is 0.493 e. The molecular weight excluding hydrogens is 477 g/mol. The van der Waals surface area contributed by atoms with Crippen molar-refractivity contribution in [3.8, 4) is 5.75 Å². The highest BCUT2D eigenvalue weighted by atomic mass is 127. The van der Waals surface area contributed by atoms with Crippen molar-refractivity contribution < 1.29 is 9.47 Å². The van der Waals surface area contributed by atoms with E-state index in [4.69, 9.17) is 9.47 Å². The topological polar surface area (TPSA) is 54.9 Å². The zero-order valence-corrected chi connectivity index (χ0v) is 19.7. The maximum absolute atomic E-state index is 6.11. The van der Waals surface area contributed by atoms with Crippen molar-refractivity contribution in [2.45, 2.75) is 63.6 Å². The van der Waals surface area contributed by atoms with Crippen LogP contribution in [0.2, 0.25) is 0 Å². The van der Waals surface area contributed by atoms with Crippen molar-refractivity contribution in [3.63, 3.8) is 0 Å². The molecular formula is C23H34IN3O2. The second kappa shape index (κ2) is 9.00. The van der Waals surface area contributed by atoms with E-state index in [0.717, 1.165) is 37.4 Å². The fraction of sp³-hybridized carbons (Fsp3) is 0.696. The normalized spacial score (nSPS) is 29.7. The Morgan fingerprint density at radius 1 is 1.21 bits per heavy atom. The van der Waals surface area contributed by atoms with Crippen LogP contribution in [0.4, 0.5) is 0 Å². The van der Waals surface area contributed by atoms with Gasteiger partial charge in [-0.05, 0) is 44.1 Å². The van der Waals surface area contributed by atoms with Gasteiger partial charge in [0.1, 0.15) is 5.75 Å². The highest BCUT2D eigenvalue weighted by molar-refractivity contribution is 14.0. The molecule has 4 aliphatic rings. The van der Waals surface area contributed by atoms with Gasteiger partial charge in [0.05, 0.1) is 12.7 Å². The lowest BCUT2D eigenvalue weighted by atomic mass is 9.54. The Morgan fingerprint density at radius 3 is 2.76 bits per heavy atom. The Bertz CT molecular complexity index is 731. The fourth-order valence-electron chi connectivity index (χ4n) is 5.71. The van der Waals surface area contributed by atoms with E-state index in [2.05, 4.69) is 39.9 Å². The molecule has 0 amide bonds. The monoisotopic (exact) mass is 511 g/mol. The van der Waals surface area contributed by atoms with Gasteiger partial charge in [-0.25, -0.2) is 0 Å². The fourth-order valence-corrected chi connectivity index (χ4v) is 5.71. The molecule has 1 aromatic carbocycles. The number of aliphatic imine (C=N–C) groups is 1. The van der Waals surface area contributed by atoms with Crippen LogP contribution in [0.25, 0.3) is 0 Å². The van der Waals surface area contributed by atoms with Gasteiger partial charge < -0.3 is 20.1 Å². The summed E-state index contributed by atoms with van der Waals surface area (Å²) in [6, 6.07) is 8.85. The molecule has 3 atom stereocenters. The smallest absolute Gasteiger partial charge is 0.191 e. The average molecular weight is 511 g/mol. The average Bonchev–Trinajstić information content (AvgIpc) is 3.22. The number of nitrogens with zero attached hydrogens (tertiary/aromatic N) is 1. The third-order valence-corrected chi connectivity index (χ3v) is 7.39. The Hall–Kier alpha value is -1.02. The zero-order chi connectivity index (χ0) is 19.0. The lowest BCUT2D eigenvalue weighted by Crippen LogP contribution is -2.69. The lowest BCUT2D eigenvalue weighted by Gasteiger charge is -2.57. The van der Waals surface area contributed by atoms with Crippen LogP contribution in [0.3, 0.4) is 0 Å². The summed E-state index contributed by atoms with van der Waals surface area (Å²) in [7, 11) is 1.87. The molecule has 0 bridgehead atoms. The molecule has 3 aliphatic carbocycles. The van der Waals surface area contributed by atoms with Crippen LogP contribution >= 0.6 is 24.0 Å². The molecule has 1 saturated heterocycles. The van der Waals surface area contributed by atoms with E-state index >= 15 is 0 Å². The number of guanidine groups is 1. The van der Waals surface area contributed by atoms with E-state index < -0.39 is 0 Å². The van der Waals surface area contributed by atoms with Gasteiger partial charge in [-0.2, -0.15) is 0 Å². The van der Waals surface area contributed by atoms with Gasteiger partial charge in [-0.1, -0.05) is 31.0 Å².